The Kier molecular flexibility index (Phi) is 6.55. The van der Waals surface area contributed by atoms with E-state index in [1.54, 1.807) is 0 Å². The van der Waals surface area contributed by atoms with Crippen LogP contribution in [0.4, 0.5) is 0 Å². The second-order valence-electron chi connectivity index (χ2n) is 5.54. The monoisotopic (exact) mass is 303 g/mol. The van der Waals surface area contributed by atoms with Crippen molar-refractivity contribution in [2.24, 2.45) is 5.92 Å². The van der Waals surface area contributed by atoms with Gasteiger partial charge in [0.2, 0.25) is 0 Å². The molecule has 0 aliphatic heterocycles. The van der Waals surface area contributed by atoms with Crippen molar-refractivity contribution in [2.75, 3.05) is 24.7 Å². The number of hydrogen-bond donors (Lipinski definition) is 2. The van der Waals surface area contributed by atoms with E-state index >= 15 is 0 Å². The lowest BCUT2D eigenvalue weighted by atomic mass is 10.0. The lowest BCUT2D eigenvalue weighted by Gasteiger charge is -2.19. The van der Waals surface area contributed by atoms with Gasteiger partial charge in [-0.05, 0) is 40.6 Å². The summed E-state index contributed by atoms with van der Waals surface area (Å²) in [5.74, 6) is 2.41. The highest BCUT2D eigenvalue weighted by Crippen LogP contribution is 2.24. The van der Waals surface area contributed by atoms with Gasteiger partial charge in [0, 0.05) is 18.4 Å². The zero-order valence-corrected chi connectivity index (χ0v) is 13.7. The van der Waals surface area contributed by atoms with Crippen LogP contribution in [-0.4, -0.2) is 29.8 Å². The van der Waals surface area contributed by atoms with Gasteiger partial charge in [-0.2, -0.15) is 11.8 Å². The maximum atomic E-state index is 9.11. The summed E-state index contributed by atoms with van der Waals surface area (Å²) in [6.07, 6.45) is 0. The minimum Gasteiger partial charge on any atom is -0.396 e. The van der Waals surface area contributed by atoms with Gasteiger partial charge in [-0.15, -0.1) is 0 Å². The summed E-state index contributed by atoms with van der Waals surface area (Å²) in [7, 11) is 0. The molecule has 0 aliphatic carbocycles. The van der Waals surface area contributed by atoms with Gasteiger partial charge >= 0.3 is 0 Å². The topological polar surface area (TPSA) is 32.3 Å². The molecule has 0 amide bonds. The van der Waals surface area contributed by atoms with Gasteiger partial charge in [-0.25, -0.2) is 0 Å². The summed E-state index contributed by atoms with van der Waals surface area (Å²) in [6.45, 7) is 5.47. The van der Waals surface area contributed by atoms with Gasteiger partial charge in [0.1, 0.15) is 0 Å². The fourth-order valence-electron chi connectivity index (χ4n) is 2.38. The molecule has 2 aromatic carbocycles. The Hall–Kier alpha value is -1.03. The van der Waals surface area contributed by atoms with E-state index in [1.807, 2.05) is 11.8 Å². The zero-order chi connectivity index (χ0) is 15.1. The van der Waals surface area contributed by atoms with E-state index in [-0.39, 0.29) is 6.61 Å². The van der Waals surface area contributed by atoms with Crippen LogP contribution >= 0.6 is 11.8 Å². The lowest BCUT2D eigenvalue weighted by Crippen LogP contribution is -2.23. The minimum atomic E-state index is 0.273. The van der Waals surface area contributed by atoms with Crippen molar-refractivity contribution in [3.05, 3.63) is 48.0 Å². The largest absolute Gasteiger partial charge is 0.396 e. The van der Waals surface area contributed by atoms with Crippen molar-refractivity contribution < 1.29 is 5.11 Å². The third-order valence-electron chi connectivity index (χ3n) is 3.62. The number of fused-ring (bicyclic) bond motifs is 1. The van der Waals surface area contributed by atoms with Gasteiger partial charge < -0.3 is 10.4 Å². The maximum Gasteiger partial charge on any atom is 0.0464 e. The first kappa shape index (κ1) is 16.3. The van der Waals surface area contributed by atoms with Crippen molar-refractivity contribution in [3.63, 3.8) is 0 Å². The predicted molar refractivity (Wildman–Crippen MR) is 93.9 cm³/mol. The van der Waals surface area contributed by atoms with Crippen molar-refractivity contribution in [3.8, 4) is 0 Å². The molecule has 2 N–H and O–H groups in total. The molecule has 2 rings (SSSR count). The highest BCUT2D eigenvalue weighted by molar-refractivity contribution is 7.99. The second-order valence-corrected chi connectivity index (χ2v) is 6.62. The molecule has 0 radical (unpaired) electrons. The summed E-state index contributed by atoms with van der Waals surface area (Å²) in [6, 6.07) is 15.6. The lowest BCUT2D eigenvalue weighted by molar-refractivity contribution is 0.250. The first-order valence-corrected chi connectivity index (χ1v) is 8.80. The molecule has 3 heteroatoms. The molecule has 0 bridgehead atoms. The molecule has 114 valence electrons. The Morgan fingerprint density at radius 3 is 2.57 bits per heavy atom. The van der Waals surface area contributed by atoms with Crippen LogP contribution in [-0.2, 0) is 0 Å². The molecule has 0 saturated carbocycles. The van der Waals surface area contributed by atoms with Crippen LogP contribution in [0.2, 0.25) is 0 Å². The quantitative estimate of drug-likeness (QED) is 0.777. The third-order valence-corrected chi connectivity index (χ3v) is 5.00. The highest BCUT2D eigenvalue weighted by Gasteiger charge is 2.11. The Balaban J connectivity index is 2.08. The predicted octanol–water partition coefficient (Wildman–Crippen LogP) is 3.85. The summed E-state index contributed by atoms with van der Waals surface area (Å²) < 4.78 is 0. The number of hydrogen-bond acceptors (Lipinski definition) is 3. The van der Waals surface area contributed by atoms with Crippen LogP contribution in [0.1, 0.15) is 25.5 Å². The number of thioether (sulfide) groups is 1. The molecule has 0 saturated heterocycles. The highest BCUT2D eigenvalue weighted by atomic mass is 32.2. The van der Waals surface area contributed by atoms with Crippen molar-refractivity contribution >= 4 is 22.5 Å². The van der Waals surface area contributed by atoms with Crippen molar-refractivity contribution in [2.45, 2.75) is 19.9 Å². The number of aliphatic hydroxyl groups excluding tert-OH is 1. The standard InChI is InChI=1S/C18H25NOS/c1-3-19-18(13-21-12-14(2)11-20)17-9-8-15-6-4-5-7-16(15)10-17/h4-10,14,18-20H,3,11-13H2,1-2H3. The number of rotatable bonds is 8. The maximum absolute atomic E-state index is 9.11. The first-order chi connectivity index (χ1) is 10.2. The molecule has 0 spiro atoms. The number of nitrogens with one attached hydrogen (secondary N) is 1. The van der Waals surface area contributed by atoms with Crippen molar-refractivity contribution in [1.29, 1.82) is 0 Å². The van der Waals surface area contributed by atoms with E-state index in [9.17, 15) is 0 Å². The molecule has 2 nitrogen and oxygen atoms in total. The van der Waals surface area contributed by atoms with Crippen LogP contribution < -0.4 is 5.32 Å². The summed E-state index contributed by atoms with van der Waals surface area (Å²) in [5.41, 5.74) is 1.35. The summed E-state index contributed by atoms with van der Waals surface area (Å²) in [5, 5.41) is 15.3. The molecule has 2 aromatic rings. The summed E-state index contributed by atoms with van der Waals surface area (Å²) in [4.78, 5) is 0. The van der Waals surface area contributed by atoms with E-state index < -0.39 is 0 Å². The summed E-state index contributed by atoms with van der Waals surface area (Å²) >= 11 is 1.91. The van der Waals surface area contributed by atoms with Crippen molar-refractivity contribution in [1.82, 2.24) is 5.32 Å². The van der Waals surface area contributed by atoms with Crippen LogP contribution in [0, 0.1) is 5.92 Å². The van der Waals surface area contributed by atoms with E-state index in [4.69, 9.17) is 5.11 Å². The van der Waals surface area contributed by atoms with E-state index in [0.29, 0.717) is 12.0 Å². The van der Waals surface area contributed by atoms with Gasteiger partial charge in [0.15, 0.2) is 0 Å². The molecule has 0 heterocycles. The van der Waals surface area contributed by atoms with Crippen LogP contribution in [0.25, 0.3) is 10.8 Å². The Labute approximate surface area is 131 Å². The molecule has 2 unspecified atom stereocenters. The Morgan fingerprint density at radius 2 is 1.86 bits per heavy atom. The normalized spacial score (nSPS) is 14.2. The van der Waals surface area contributed by atoms with E-state index in [1.165, 1.54) is 16.3 Å². The minimum absolute atomic E-state index is 0.273. The van der Waals surface area contributed by atoms with E-state index in [2.05, 4.69) is 61.6 Å². The smallest absolute Gasteiger partial charge is 0.0464 e. The van der Waals surface area contributed by atoms with Gasteiger partial charge in [0.25, 0.3) is 0 Å². The van der Waals surface area contributed by atoms with Crippen LogP contribution in [0.3, 0.4) is 0 Å². The van der Waals surface area contributed by atoms with Gasteiger partial charge in [-0.1, -0.05) is 50.2 Å². The molecule has 0 aliphatic rings. The van der Waals surface area contributed by atoms with Gasteiger partial charge in [-0.3, -0.25) is 0 Å². The number of aliphatic hydroxyl groups is 1. The van der Waals surface area contributed by atoms with Gasteiger partial charge in [0.05, 0.1) is 0 Å². The Morgan fingerprint density at radius 1 is 1.10 bits per heavy atom. The fourth-order valence-corrected chi connectivity index (χ4v) is 3.57. The molecule has 21 heavy (non-hydrogen) atoms. The second kappa shape index (κ2) is 8.42. The van der Waals surface area contributed by atoms with E-state index in [0.717, 1.165) is 18.1 Å². The molecule has 2 atom stereocenters. The molecule has 0 fully saturated rings. The zero-order valence-electron chi connectivity index (χ0n) is 12.9. The number of benzene rings is 2. The SMILES string of the molecule is CCNC(CSCC(C)CO)c1ccc2ccccc2c1. The van der Waals surface area contributed by atoms with Crippen LogP contribution in [0.15, 0.2) is 42.5 Å². The van der Waals surface area contributed by atoms with Crippen LogP contribution in [0.5, 0.6) is 0 Å². The Bertz CT molecular complexity index is 558. The first-order valence-electron chi connectivity index (χ1n) is 7.65. The average molecular weight is 303 g/mol. The molecule has 0 aromatic heterocycles. The fraction of sp³-hybridized carbons (Fsp3) is 0.444. The molecular weight excluding hydrogens is 278 g/mol. The average Bonchev–Trinajstić information content (AvgIpc) is 2.53. The third kappa shape index (κ3) is 4.73. The molecular formula is C18H25NOS.